The SMILES string of the molecule is CC(C(=O)OF)C(=O)OF. The molecule has 0 atom stereocenters. The Kier molecular flexibility index (Phi) is 3.30. The van der Waals surface area contributed by atoms with Crippen molar-refractivity contribution in [3.63, 3.8) is 0 Å². The molecule has 0 amide bonds. The Morgan fingerprint density at radius 3 is 1.70 bits per heavy atom. The van der Waals surface area contributed by atoms with Crippen LogP contribution in [0.25, 0.3) is 0 Å². The molecule has 6 heteroatoms. The van der Waals surface area contributed by atoms with Crippen molar-refractivity contribution in [2.24, 2.45) is 5.92 Å². The van der Waals surface area contributed by atoms with Crippen molar-refractivity contribution in [3.05, 3.63) is 0 Å². The van der Waals surface area contributed by atoms with Crippen molar-refractivity contribution in [2.75, 3.05) is 0 Å². The van der Waals surface area contributed by atoms with Gasteiger partial charge >= 0.3 is 11.9 Å². The van der Waals surface area contributed by atoms with Gasteiger partial charge in [0.25, 0.3) is 0 Å². The van der Waals surface area contributed by atoms with Crippen LogP contribution in [-0.4, -0.2) is 11.9 Å². The van der Waals surface area contributed by atoms with Crippen molar-refractivity contribution in [1.29, 1.82) is 0 Å². The molecule has 10 heavy (non-hydrogen) atoms. The Bertz CT molecular complexity index is 130. The summed E-state index contributed by atoms with van der Waals surface area (Å²) >= 11 is 0. The Morgan fingerprint density at radius 1 is 1.20 bits per heavy atom. The second-order valence-electron chi connectivity index (χ2n) is 1.51. The molecule has 0 bridgehead atoms. The molecule has 0 radical (unpaired) electrons. The van der Waals surface area contributed by atoms with Crippen molar-refractivity contribution in [3.8, 4) is 0 Å². The third-order valence-electron chi connectivity index (χ3n) is 0.859. The molecular weight excluding hydrogens is 150 g/mol. The van der Waals surface area contributed by atoms with Gasteiger partial charge in [0.2, 0.25) is 0 Å². The zero-order valence-electron chi connectivity index (χ0n) is 4.97. The molecule has 0 spiro atoms. The van der Waals surface area contributed by atoms with Gasteiger partial charge < -0.3 is 0 Å². The molecule has 0 aliphatic carbocycles. The van der Waals surface area contributed by atoms with E-state index in [1.54, 1.807) is 0 Å². The summed E-state index contributed by atoms with van der Waals surface area (Å²) < 4.78 is 21.9. The summed E-state index contributed by atoms with van der Waals surface area (Å²) in [6.45, 7) is 0.948. The molecule has 0 fully saturated rings. The maximum atomic E-state index is 11.0. The standard InChI is InChI=1S/C4H4F2O4/c1-2(3(7)9-5)4(8)10-6/h2H,1H3. The highest BCUT2D eigenvalue weighted by molar-refractivity contribution is 5.93. The molecule has 0 aromatic carbocycles. The van der Waals surface area contributed by atoms with Crippen molar-refractivity contribution in [2.45, 2.75) is 6.92 Å². The zero-order chi connectivity index (χ0) is 8.15. The minimum absolute atomic E-state index is 0.948. The van der Waals surface area contributed by atoms with E-state index < -0.39 is 17.9 Å². The van der Waals surface area contributed by atoms with Gasteiger partial charge in [-0.3, -0.25) is 9.88 Å². The first-order chi connectivity index (χ1) is 4.63. The topological polar surface area (TPSA) is 52.6 Å². The fourth-order valence-electron chi connectivity index (χ4n) is 0.230. The van der Waals surface area contributed by atoms with Crippen molar-refractivity contribution in [1.82, 2.24) is 0 Å². The number of rotatable bonds is 2. The number of hydrogen-bond donors (Lipinski definition) is 0. The quantitative estimate of drug-likeness (QED) is 0.542. The van der Waals surface area contributed by atoms with E-state index >= 15 is 0 Å². The molecule has 0 N–H and O–H groups in total. The van der Waals surface area contributed by atoms with Gasteiger partial charge in [-0.15, -0.1) is 0 Å². The molecule has 0 rings (SSSR count). The Morgan fingerprint density at radius 2 is 1.50 bits per heavy atom. The number of halogens is 2. The normalized spacial score (nSPS) is 9.20. The van der Waals surface area contributed by atoms with Crippen LogP contribution in [0.4, 0.5) is 9.05 Å². The zero-order valence-corrected chi connectivity index (χ0v) is 4.97. The maximum absolute atomic E-state index is 11.0. The fraction of sp³-hybridized carbons (Fsp3) is 0.500. The average Bonchev–Trinajstić information content (AvgIpc) is 2.00. The molecule has 0 heterocycles. The lowest BCUT2D eigenvalue weighted by Gasteiger charge is -1.98. The number of hydrogen-bond acceptors (Lipinski definition) is 4. The lowest BCUT2D eigenvalue weighted by atomic mass is 10.2. The van der Waals surface area contributed by atoms with Gasteiger partial charge in [0, 0.05) is 9.05 Å². The number of carbonyl (C=O) groups excluding carboxylic acids is 2. The van der Waals surface area contributed by atoms with Crippen LogP contribution in [0.15, 0.2) is 0 Å². The fourth-order valence-corrected chi connectivity index (χ4v) is 0.230. The molecule has 0 aliphatic heterocycles. The molecule has 0 unspecified atom stereocenters. The van der Waals surface area contributed by atoms with Crippen molar-refractivity contribution < 1.29 is 28.5 Å². The molecule has 0 aliphatic rings. The van der Waals surface area contributed by atoms with E-state index in [1.165, 1.54) is 0 Å². The predicted octanol–water partition coefficient (Wildman–Crippen LogP) is 0.478. The van der Waals surface area contributed by atoms with Crippen LogP contribution in [0, 0.1) is 5.92 Å². The van der Waals surface area contributed by atoms with Gasteiger partial charge in [0.05, 0.1) is 0 Å². The average molecular weight is 154 g/mol. The van der Waals surface area contributed by atoms with Gasteiger partial charge in [-0.1, -0.05) is 0 Å². The van der Waals surface area contributed by atoms with E-state index in [2.05, 4.69) is 9.88 Å². The Hall–Kier alpha value is -1.20. The number of carbonyl (C=O) groups is 2. The molecule has 4 nitrogen and oxygen atoms in total. The van der Waals surface area contributed by atoms with Gasteiger partial charge in [-0.05, 0) is 6.92 Å². The van der Waals surface area contributed by atoms with E-state index in [1.807, 2.05) is 0 Å². The minimum atomic E-state index is -1.57. The maximum Gasteiger partial charge on any atom is 0.362 e. The Balaban J connectivity index is 3.94. The highest BCUT2D eigenvalue weighted by Gasteiger charge is 2.26. The monoisotopic (exact) mass is 154 g/mol. The largest absolute Gasteiger partial charge is 0.362 e. The highest BCUT2D eigenvalue weighted by atomic mass is 19.3. The summed E-state index contributed by atoms with van der Waals surface area (Å²) in [5.74, 6) is -4.54. The second-order valence-corrected chi connectivity index (χ2v) is 1.51. The highest BCUT2D eigenvalue weighted by Crippen LogP contribution is 2.01. The van der Waals surface area contributed by atoms with Crippen LogP contribution in [0.1, 0.15) is 6.92 Å². The van der Waals surface area contributed by atoms with Crippen molar-refractivity contribution >= 4 is 11.9 Å². The lowest BCUT2D eigenvalue weighted by Crippen LogP contribution is -2.21. The Labute approximate surface area is 54.5 Å². The first-order valence-corrected chi connectivity index (χ1v) is 2.28. The van der Waals surface area contributed by atoms with Gasteiger partial charge in [0.1, 0.15) is 0 Å². The van der Waals surface area contributed by atoms with Crippen LogP contribution in [0.3, 0.4) is 0 Å². The second kappa shape index (κ2) is 3.76. The van der Waals surface area contributed by atoms with Crippen LogP contribution in [0.2, 0.25) is 0 Å². The smallest absolute Gasteiger partial charge is 0.254 e. The van der Waals surface area contributed by atoms with E-state index in [0.717, 1.165) is 6.92 Å². The summed E-state index contributed by atoms with van der Waals surface area (Å²) in [7, 11) is 0. The van der Waals surface area contributed by atoms with Gasteiger partial charge in [0.15, 0.2) is 5.92 Å². The summed E-state index contributed by atoms with van der Waals surface area (Å²) in [5, 5.41) is 0. The minimum Gasteiger partial charge on any atom is -0.254 e. The molecule has 58 valence electrons. The van der Waals surface area contributed by atoms with Crippen LogP contribution < -0.4 is 0 Å². The van der Waals surface area contributed by atoms with Gasteiger partial charge in [-0.25, -0.2) is 9.59 Å². The lowest BCUT2D eigenvalue weighted by molar-refractivity contribution is -0.204. The van der Waals surface area contributed by atoms with E-state index in [-0.39, 0.29) is 0 Å². The van der Waals surface area contributed by atoms with Crippen LogP contribution in [0.5, 0.6) is 0 Å². The first-order valence-electron chi connectivity index (χ1n) is 2.28. The summed E-state index contributed by atoms with van der Waals surface area (Å²) in [4.78, 5) is 25.4. The van der Waals surface area contributed by atoms with E-state index in [4.69, 9.17) is 0 Å². The third kappa shape index (κ3) is 1.96. The summed E-state index contributed by atoms with van der Waals surface area (Å²) in [5.41, 5.74) is 0. The van der Waals surface area contributed by atoms with E-state index in [0.29, 0.717) is 0 Å². The van der Waals surface area contributed by atoms with Gasteiger partial charge in [-0.2, -0.15) is 0 Å². The van der Waals surface area contributed by atoms with Crippen LogP contribution in [-0.2, 0) is 19.5 Å². The third-order valence-corrected chi connectivity index (χ3v) is 0.859. The molecular formula is C4H4F2O4. The summed E-state index contributed by atoms with van der Waals surface area (Å²) in [6.07, 6.45) is 0. The predicted molar refractivity (Wildman–Crippen MR) is 23.6 cm³/mol. The molecule has 0 saturated carbocycles. The summed E-state index contributed by atoms with van der Waals surface area (Å²) in [6, 6.07) is 0. The molecule has 0 aromatic heterocycles. The molecule has 0 saturated heterocycles. The van der Waals surface area contributed by atoms with E-state index in [9.17, 15) is 18.6 Å². The van der Waals surface area contributed by atoms with Crippen LogP contribution >= 0.6 is 0 Å². The molecule has 0 aromatic rings. The first kappa shape index (κ1) is 8.80.